The van der Waals surface area contributed by atoms with Crippen LogP contribution in [-0.4, -0.2) is 16.3 Å². The highest BCUT2D eigenvalue weighted by Crippen LogP contribution is 2.17. The van der Waals surface area contributed by atoms with Gasteiger partial charge in [-0.25, -0.2) is 4.79 Å². The molecule has 0 spiro atoms. The number of phenolic OH excluding ortho intramolecular Hbond substituents is 1. The van der Waals surface area contributed by atoms with Crippen molar-refractivity contribution in [2.75, 3.05) is 0 Å². The van der Waals surface area contributed by atoms with Gasteiger partial charge in [-0.1, -0.05) is 12.1 Å². The van der Waals surface area contributed by atoms with Crippen molar-refractivity contribution in [2.45, 2.75) is 13.0 Å². The number of carbonyl (C=O) groups is 1. The van der Waals surface area contributed by atoms with Crippen molar-refractivity contribution in [3.63, 3.8) is 0 Å². The fourth-order valence-corrected chi connectivity index (χ4v) is 1.06. The smallest absolute Gasteiger partial charge is 0.405 e. The van der Waals surface area contributed by atoms with Crippen LogP contribution in [0, 0.1) is 0 Å². The highest BCUT2D eigenvalue weighted by molar-refractivity contribution is 5.65. The van der Waals surface area contributed by atoms with Crippen LogP contribution in [0.2, 0.25) is 0 Å². The zero-order valence-corrected chi connectivity index (χ0v) is 7.19. The number of carboxylic acid groups (broad SMARTS) is 1. The Kier molecular flexibility index (Phi) is 2.74. The average molecular weight is 181 g/mol. The predicted octanol–water partition coefficient (Wildman–Crippen LogP) is 1.72. The van der Waals surface area contributed by atoms with Crippen LogP contribution in [0.1, 0.15) is 18.5 Å². The first-order valence-electron chi connectivity index (χ1n) is 3.88. The molecule has 1 aromatic carbocycles. The van der Waals surface area contributed by atoms with E-state index in [9.17, 15) is 4.79 Å². The molecule has 0 aliphatic rings. The molecule has 0 heterocycles. The summed E-state index contributed by atoms with van der Waals surface area (Å²) in [6.45, 7) is 1.71. The third kappa shape index (κ3) is 2.66. The van der Waals surface area contributed by atoms with Crippen LogP contribution in [0.5, 0.6) is 5.75 Å². The maximum absolute atomic E-state index is 10.3. The molecule has 4 heteroatoms. The van der Waals surface area contributed by atoms with E-state index < -0.39 is 6.09 Å². The molecule has 13 heavy (non-hydrogen) atoms. The van der Waals surface area contributed by atoms with Crippen LogP contribution in [0.4, 0.5) is 4.79 Å². The molecule has 0 radical (unpaired) electrons. The molecular weight excluding hydrogens is 170 g/mol. The lowest BCUT2D eigenvalue weighted by Crippen LogP contribution is -2.24. The van der Waals surface area contributed by atoms with Gasteiger partial charge in [0.05, 0.1) is 6.04 Å². The Labute approximate surface area is 75.8 Å². The molecule has 70 valence electrons. The molecule has 0 aromatic heterocycles. The summed E-state index contributed by atoms with van der Waals surface area (Å²) < 4.78 is 0. The molecule has 3 N–H and O–H groups in total. The fourth-order valence-electron chi connectivity index (χ4n) is 1.06. The van der Waals surface area contributed by atoms with Gasteiger partial charge < -0.3 is 15.5 Å². The second-order valence-corrected chi connectivity index (χ2v) is 2.77. The standard InChI is InChI=1S/C9H11NO3/c1-6(10-9(12)13)7-3-2-4-8(11)5-7/h2-6,10-11H,1H3,(H,12,13)/t6-/m1/s1. The van der Waals surface area contributed by atoms with Crippen LogP contribution >= 0.6 is 0 Å². The van der Waals surface area contributed by atoms with E-state index in [2.05, 4.69) is 5.32 Å². The number of nitrogens with one attached hydrogen (secondary N) is 1. The second kappa shape index (κ2) is 3.80. The van der Waals surface area contributed by atoms with E-state index >= 15 is 0 Å². The first kappa shape index (κ1) is 9.38. The van der Waals surface area contributed by atoms with E-state index in [1.165, 1.54) is 12.1 Å². The van der Waals surface area contributed by atoms with E-state index in [0.29, 0.717) is 0 Å². The fraction of sp³-hybridized carbons (Fsp3) is 0.222. The Morgan fingerprint density at radius 1 is 1.54 bits per heavy atom. The summed E-state index contributed by atoms with van der Waals surface area (Å²) >= 11 is 0. The minimum atomic E-state index is -1.07. The Morgan fingerprint density at radius 3 is 2.77 bits per heavy atom. The van der Waals surface area contributed by atoms with E-state index in [0.717, 1.165) is 5.56 Å². The molecular formula is C9H11NO3. The Bertz CT molecular complexity index is 311. The molecule has 1 atom stereocenters. The highest BCUT2D eigenvalue weighted by Gasteiger charge is 2.07. The first-order chi connectivity index (χ1) is 6.09. The highest BCUT2D eigenvalue weighted by atomic mass is 16.4. The van der Waals surface area contributed by atoms with Crippen LogP contribution in [0.15, 0.2) is 24.3 Å². The number of hydrogen-bond acceptors (Lipinski definition) is 2. The third-order valence-corrected chi connectivity index (χ3v) is 1.71. The maximum atomic E-state index is 10.3. The number of aromatic hydroxyl groups is 1. The maximum Gasteiger partial charge on any atom is 0.405 e. The summed E-state index contributed by atoms with van der Waals surface area (Å²) in [5.41, 5.74) is 0.738. The summed E-state index contributed by atoms with van der Waals surface area (Å²) in [5, 5.41) is 19.9. The molecule has 4 nitrogen and oxygen atoms in total. The molecule has 0 saturated heterocycles. The Hall–Kier alpha value is -1.71. The topological polar surface area (TPSA) is 69.6 Å². The molecule has 0 aliphatic carbocycles. The van der Waals surface area contributed by atoms with E-state index in [1.54, 1.807) is 19.1 Å². The quantitative estimate of drug-likeness (QED) is 0.650. The van der Waals surface area contributed by atoms with Gasteiger partial charge >= 0.3 is 6.09 Å². The second-order valence-electron chi connectivity index (χ2n) is 2.77. The van der Waals surface area contributed by atoms with Crippen molar-refractivity contribution in [3.05, 3.63) is 29.8 Å². The normalized spacial score (nSPS) is 12.1. The van der Waals surface area contributed by atoms with Crippen molar-refractivity contribution in [2.24, 2.45) is 0 Å². The van der Waals surface area contributed by atoms with Gasteiger partial charge in [0, 0.05) is 0 Å². The van der Waals surface area contributed by atoms with Gasteiger partial charge in [-0.15, -0.1) is 0 Å². The number of phenols is 1. The zero-order chi connectivity index (χ0) is 9.84. The minimum Gasteiger partial charge on any atom is -0.508 e. The summed E-state index contributed by atoms with van der Waals surface area (Å²) in [6, 6.07) is 6.17. The number of amides is 1. The average Bonchev–Trinajstić information content (AvgIpc) is 2.03. The van der Waals surface area contributed by atoms with Crippen LogP contribution < -0.4 is 5.32 Å². The SMILES string of the molecule is C[C@@H](NC(=O)O)c1cccc(O)c1. The zero-order valence-electron chi connectivity index (χ0n) is 7.19. The van der Waals surface area contributed by atoms with E-state index in [1.807, 2.05) is 0 Å². The molecule has 0 fully saturated rings. The van der Waals surface area contributed by atoms with Gasteiger partial charge in [0.2, 0.25) is 0 Å². The number of hydrogen-bond donors (Lipinski definition) is 3. The molecule has 1 amide bonds. The third-order valence-electron chi connectivity index (χ3n) is 1.71. The summed E-state index contributed by atoms with van der Waals surface area (Å²) in [6.07, 6.45) is -1.07. The van der Waals surface area contributed by atoms with Gasteiger partial charge in [-0.3, -0.25) is 0 Å². The lowest BCUT2D eigenvalue weighted by molar-refractivity contribution is 0.191. The van der Waals surface area contributed by atoms with Crippen molar-refractivity contribution in [1.29, 1.82) is 0 Å². The monoisotopic (exact) mass is 181 g/mol. The minimum absolute atomic E-state index is 0.136. The summed E-state index contributed by atoms with van der Waals surface area (Å²) in [4.78, 5) is 10.3. The first-order valence-corrected chi connectivity index (χ1v) is 3.88. The van der Waals surface area contributed by atoms with Gasteiger partial charge in [-0.2, -0.15) is 0 Å². The molecule has 0 aliphatic heterocycles. The van der Waals surface area contributed by atoms with Crippen LogP contribution in [0.25, 0.3) is 0 Å². The van der Waals surface area contributed by atoms with Gasteiger partial charge in [0.25, 0.3) is 0 Å². The van der Waals surface area contributed by atoms with Gasteiger partial charge in [-0.05, 0) is 24.6 Å². The summed E-state index contributed by atoms with van der Waals surface area (Å²) in [7, 11) is 0. The Balaban J connectivity index is 2.76. The van der Waals surface area contributed by atoms with Crippen LogP contribution in [0.3, 0.4) is 0 Å². The van der Waals surface area contributed by atoms with Crippen molar-refractivity contribution in [1.82, 2.24) is 5.32 Å². The lowest BCUT2D eigenvalue weighted by atomic mass is 10.1. The largest absolute Gasteiger partial charge is 0.508 e. The van der Waals surface area contributed by atoms with Crippen molar-refractivity contribution >= 4 is 6.09 Å². The molecule has 0 saturated carbocycles. The van der Waals surface area contributed by atoms with Crippen LogP contribution in [-0.2, 0) is 0 Å². The molecule has 1 aromatic rings. The number of rotatable bonds is 2. The lowest BCUT2D eigenvalue weighted by Gasteiger charge is -2.11. The molecule has 1 rings (SSSR count). The van der Waals surface area contributed by atoms with Crippen molar-refractivity contribution < 1.29 is 15.0 Å². The molecule has 0 unspecified atom stereocenters. The van der Waals surface area contributed by atoms with E-state index in [4.69, 9.17) is 10.2 Å². The predicted molar refractivity (Wildman–Crippen MR) is 47.7 cm³/mol. The number of benzene rings is 1. The van der Waals surface area contributed by atoms with Gasteiger partial charge in [0.1, 0.15) is 5.75 Å². The van der Waals surface area contributed by atoms with Crippen molar-refractivity contribution in [3.8, 4) is 5.75 Å². The molecule has 0 bridgehead atoms. The summed E-state index contributed by atoms with van der Waals surface area (Å²) in [5.74, 6) is 0.136. The Morgan fingerprint density at radius 2 is 2.23 bits per heavy atom. The van der Waals surface area contributed by atoms with Gasteiger partial charge in [0.15, 0.2) is 0 Å². The van der Waals surface area contributed by atoms with E-state index in [-0.39, 0.29) is 11.8 Å².